The molecule has 4 rings (SSSR count). The molecule has 1 aliphatic carbocycles. The van der Waals surface area contributed by atoms with E-state index in [0.29, 0.717) is 11.5 Å². The van der Waals surface area contributed by atoms with Crippen LogP contribution in [0.2, 0.25) is 0 Å². The van der Waals surface area contributed by atoms with Crippen molar-refractivity contribution >= 4 is 22.6 Å². The Morgan fingerprint density at radius 1 is 0.943 bits per heavy atom. The van der Waals surface area contributed by atoms with E-state index in [1.807, 2.05) is 6.07 Å². The molecule has 1 N–H and O–H groups in total. The Morgan fingerprint density at radius 3 is 2.34 bits per heavy atom. The zero-order valence-corrected chi connectivity index (χ0v) is 21.1. The second kappa shape index (κ2) is 10.5. The second-order valence-corrected chi connectivity index (χ2v) is 10.3. The van der Waals surface area contributed by atoms with Crippen molar-refractivity contribution in [3.63, 3.8) is 0 Å². The zero-order valence-electron chi connectivity index (χ0n) is 21.1. The van der Waals surface area contributed by atoms with Crippen molar-refractivity contribution in [1.29, 1.82) is 0 Å². The highest BCUT2D eigenvalue weighted by Gasteiger charge is 2.42. The molecule has 0 spiro atoms. The number of nitrogens with one attached hydrogen (secondary N) is 1. The van der Waals surface area contributed by atoms with E-state index in [-0.39, 0.29) is 29.0 Å². The predicted molar refractivity (Wildman–Crippen MR) is 141 cm³/mol. The van der Waals surface area contributed by atoms with E-state index in [1.54, 1.807) is 37.3 Å². The van der Waals surface area contributed by atoms with E-state index in [4.69, 9.17) is 4.74 Å². The summed E-state index contributed by atoms with van der Waals surface area (Å²) in [4.78, 5) is 25.8. The fraction of sp³-hybridized carbons (Fsp3) is 0.355. The molecule has 0 heterocycles. The van der Waals surface area contributed by atoms with Crippen LogP contribution < -0.4 is 5.32 Å². The highest BCUT2D eigenvalue weighted by atomic mass is 16.5. The molecule has 3 atom stereocenters. The van der Waals surface area contributed by atoms with Crippen LogP contribution in [-0.4, -0.2) is 18.0 Å². The Bertz CT molecular complexity index is 1230. The number of ether oxygens (including phenoxy) is 1. The standard InChI is InChI=1S/C31H35NO3/c1-5-27(32-29(33)23-12-7-6-8-13-23)30(34)35-28-19-21(2)15-18-26(28)31(3,4)25-17-16-22-11-9-10-14-24(22)20-25/h5-14,16-17,20-21,26,28H,15,18-19H2,1-4H3,(H,32,33)/b27-5-/t21-,26-,28-/m1/s1. The summed E-state index contributed by atoms with van der Waals surface area (Å²) < 4.78 is 6.14. The summed E-state index contributed by atoms with van der Waals surface area (Å²) in [6.45, 7) is 8.47. The van der Waals surface area contributed by atoms with E-state index in [1.165, 1.54) is 16.3 Å². The summed E-state index contributed by atoms with van der Waals surface area (Å²) in [6, 6.07) is 23.9. The summed E-state index contributed by atoms with van der Waals surface area (Å²) in [5.74, 6) is -0.146. The van der Waals surface area contributed by atoms with Crippen molar-refractivity contribution in [2.45, 2.75) is 58.5 Å². The number of esters is 1. The van der Waals surface area contributed by atoms with Gasteiger partial charge < -0.3 is 10.1 Å². The fourth-order valence-corrected chi connectivity index (χ4v) is 5.31. The topological polar surface area (TPSA) is 55.4 Å². The quantitative estimate of drug-likeness (QED) is 0.319. The first-order valence-corrected chi connectivity index (χ1v) is 12.5. The van der Waals surface area contributed by atoms with Gasteiger partial charge in [0.15, 0.2) is 0 Å². The van der Waals surface area contributed by atoms with Crippen molar-refractivity contribution in [3.8, 4) is 0 Å². The van der Waals surface area contributed by atoms with Crippen molar-refractivity contribution in [2.75, 3.05) is 0 Å². The molecule has 3 aromatic rings. The SMILES string of the molecule is C/C=C(\NC(=O)c1ccccc1)C(=O)O[C@@H]1C[C@H](C)CC[C@H]1C(C)(C)c1ccc2ccccc2c1. The molecular formula is C31H35NO3. The predicted octanol–water partition coefficient (Wildman–Crippen LogP) is 6.80. The summed E-state index contributed by atoms with van der Waals surface area (Å²) in [7, 11) is 0. The smallest absolute Gasteiger partial charge is 0.354 e. The molecule has 0 radical (unpaired) electrons. The fourth-order valence-electron chi connectivity index (χ4n) is 5.31. The van der Waals surface area contributed by atoms with E-state index in [0.717, 1.165) is 19.3 Å². The number of hydrogen-bond acceptors (Lipinski definition) is 3. The molecule has 0 bridgehead atoms. The van der Waals surface area contributed by atoms with Crippen molar-refractivity contribution in [3.05, 3.63) is 95.7 Å². The molecule has 4 nitrogen and oxygen atoms in total. The average molecular weight is 470 g/mol. The van der Waals surface area contributed by atoms with E-state index in [2.05, 4.69) is 68.6 Å². The first kappa shape index (κ1) is 24.7. The summed E-state index contributed by atoms with van der Waals surface area (Å²) >= 11 is 0. The maximum absolute atomic E-state index is 13.2. The molecular weight excluding hydrogens is 434 g/mol. The van der Waals surface area contributed by atoms with Gasteiger partial charge in [-0.05, 0) is 59.6 Å². The molecule has 3 aromatic carbocycles. The van der Waals surface area contributed by atoms with Crippen LogP contribution in [0, 0.1) is 11.8 Å². The molecule has 0 aliphatic heterocycles. The number of hydrogen-bond donors (Lipinski definition) is 1. The third-order valence-corrected chi connectivity index (χ3v) is 7.53. The van der Waals surface area contributed by atoms with Gasteiger partial charge in [-0.2, -0.15) is 0 Å². The zero-order chi connectivity index (χ0) is 25.0. The molecule has 0 unspecified atom stereocenters. The van der Waals surface area contributed by atoms with E-state index >= 15 is 0 Å². The van der Waals surface area contributed by atoms with Gasteiger partial charge >= 0.3 is 5.97 Å². The first-order chi connectivity index (χ1) is 16.8. The lowest BCUT2D eigenvalue weighted by Crippen LogP contribution is -2.44. The lowest BCUT2D eigenvalue weighted by molar-refractivity contribution is -0.152. The Balaban J connectivity index is 1.54. The van der Waals surface area contributed by atoms with Gasteiger partial charge in [-0.3, -0.25) is 4.79 Å². The number of amides is 1. The third kappa shape index (κ3) is 5.48. The highest BCUT2D eigenvalue weighted by molar-refractivity contribution is 6.01. The number of fused-ring (bicyclic) bond motifs is 1. The maximum Gasteiger partial charge on any atom is 0.354 e. The number of allylic oxidation sites excluding steroid dienone is 1. The van der Waals surface area contributed by atoms with Crippen LogP contribution in [0.1, 0.15) is 62.9 Å². The Hall–Kier alpha value is -3.40. The lowest BCUT2D eigenvalue weighted by Gasteiger charge is -2.44. The summed E-state index contributed by atoms with van der Waals surface area (Å²) in [5, 5.41) is 5.18. The summed E-state index contributed by atoms with van der Waals surface area (Å²) in [5.41, 5.74) is 1.75. The Labute approximate surface area is 208 Å². The Kier molecular flexibility index (Phi) is 7.39. The minimum Gasteiger partial charge on any atom is -0.457 e. The molecule has 4 heteroatoms. The maximum atomic E-state index is 13.2. The number of carbonyl (C=O) groups excluding carboxylic acids is 2. The minimum atomic E-state index is -0.477. The second-order valence-electron chi connectivity index (χ2n) is 10.3. The van der Waals surface area contributed by atoms with Gasteiger partial charge in [-0.15, -0.1) is 0 Å². The first-order valence-electron chi connectivity index (χ1n) is 12.5. The van der Waals surface area contributed by atoms with Gasteiger partial charge in [0, 0.05) is 11.5 Å². The van der Waals surface area contributed by atoms with E-state index in [9.17, 15) is 9.59 Å². The lowest BCUT2D eigenvalue weighted by atomic mass is 9.64. The molecule has 1 aliphatic rings. The molecule has 1 fully saturated rings. The van der Waals surface area contributed by atoms with Crippen LogP contribution in [-0.2, 0) is 14.9 Å². The molecule has 35 heavy (non-hydrogen) atoms. The van der Waals surface area contributed by atoms with Crippen molar-refractivity contribution in [2.24, 2.45) is 11.8 Å². The van der Waals surface area contributed by atoms with Gasteiger partial charge in [0.25, 0.3) is 5.91 Å². The largest absolute Gasteiger partial charge is 0.457 e. The van der Waals surface area contributed by atoms with Crippen LogP contribution in [0.4, 0.5) is 0 Å². The third-order valence-electron chi connectivity index (χ3n) is 7.53. The normalized spacial score (nSPS) is 20.9. The van der Waals surface area contributed by atoms with Crippen molar-refractivity contribution in [1.82, 2.24) is 5.32 Å². The molecule has 1 amide bonds. The van der Waals surface area contributed by atoms with Crippen LogP contribution in [0.3, 0.4) is 0 Å². The van der Waals surface area contributed by atoms with Gasteiger partial charge in [0.2, 0.25) is 0 Å². The van der Waals surface area contributed by atoms with Crippen LogP contribution in [0.5, 0.6) is 0 Å². The molecule has 182 valence electrons. The van der Waals surface area contributed by atoms with Gasteiger partial charge in [-0.1, -0.05) is 93.9 Å². The van der Waals surface area contributed by atoms with Crippen LogP contribution in [0.15, 0.2) is 84.6 Å². The van der Waals surface area contributed by atoms with Gasteiger partial charge in [0.05, 0.1) is 0 Å². The monoisotopic (exact) mass is 469 g/mol. The van der Waals surface area contributed by atoms with Crippen LogP contribution >= 0.6 is 0 Å². The minimum absolute atomic E-state index is 0.173. The highest BCUT2D eigenvalue weighted by Crippen LogP contribution is 2.44. The summed E-state index contributed by atoms with van der Waals surface area (Å²) in [6.07, 6.45) is 4.30. The van der Waals surface area contributed by atoms with Gasteiger partial charge in [0.1, 0.15) is 11.8 Å². The number of benzene rings is 3. The van der Waals surface area contributed by atoms with E-state index < -0.39 is 5.97 Å². The number of carbonyl (C=O) groups is 2. The molecule has 0 saturated heterocycles. The Morgan fingerprint density at radius 2 is 1.63 bits per heavy atom. The average Bonchev–Trinajstić information content (AvgIpc) is 2.87. The van der Waals surface area contributed by atoms with Crippen molar-refractivity contribution < 1.29 is 14.3 Å². The number of rotatable bonds is 6. The van der Waals surface area contributed by atoms with Gasteiger partial charge in [-0.25, -0.2) is 4.79 Å². The molecule has 0 aromatic heterocycles. The van der Waals surface area contributed by atoms with Crippen LogP contribution in [0.25, 0.3) is 10.8 Å². The molecule has 1 saturated carbocycles.